The Hall–Kier alpha value is -2.81. The third-order valence-electron chi connectivity index (χ3n) is 5.12. The van der Waals surface area contributed by atoms with Crippen LogP contribution < -0.4 is 9.47 Å². The fourth-order valence-electron chi connectivity index (χ4n) is 3.59. The number of Topliss-reactive ketones (excluding diaryl/α,β-unsaturated/α-hetero) is 1. The number of pyridine rings is 1. The van der Waals surface area contributed by atoms with E-state index in [0.29, 0.717) is 12.1 Å². The van der Waals surface area contributed by atoms with Crippen LogP contribution in [0.4, 0.5) is 0 Å². The number of likely N-dealkylation sites (N-methyl/N-ethyl adjacent to an activating group) is 1. The van der Waals surface area contributed by atoms with Gasteiger partial charge in [0.2, 0.25) is 0 Å². The highest BCUT2D eigenvalue weighted by atomic mass is 35.5. The second-order valence-electron chi connectivity index (χ2n) is 7.37. The lowest BCUT2D eigenvalue weighted by atomic mass is 9.96. The summed E-state index contributed by atoms with van der Waals surface area (Å²) in [7, 11) is 6.48. The highest BCUT2D eigenvalue weighted by Gasteiger charge is 2.46. The SMILES string of the molecule is COc1c(Cl)cc(/C(O)=C2\C(=O)C(=O)N(CCN(C)C)C2c2cccnc2)c(OC)c1Cl. The number of carbonyl (C=O) groups is 2. The number of aromatic nitrogens is 1. The van der Waals surface area contributed by atoms with Gasteiger partial charge in [-0.25, -0.2) is 0 Å². The minimum absolute atomic E-state index is 0.0313. The van der Waals surface area contributed by atoms with Crippen molar-refractivity contribution < 1.29 is 24.2 Å². The number of carbonyl (C=O) groups excluding carboxylic acids is 2. The number of ether oxygens (including phenoxy) is 2. The van der Waals surface area contributed by atoms with Crippen molar-refractivity contribution in [3.63, 3.8) is 0 Å². The molecule has 1 aromatic carbocycles. The Balaban J connectivity index is 2.25. The van der Waals surface area contributed by atoms with E-state index in [1.54, 1.807) is 24.5 Å². The molecule has 1 saturated heterocycles. The minimum Gasteiger partial charge on any atom is -0.507 e. The average Bonchev–Trinajstić information content (AvgIpc) is 3.02. The molecule has 1 N–H and O–H groups in total. The summed E-state index contributed by atoms with van der Waals surface area (Å²) in [4.78, 5) is 33.4. The predicted octanol–water partition coefficient (Wildman–Crippen LogP) is 3.39. The molecule has 1 aromatic heterocycles. The van der Waals surface area contributed by atoms with Crippen LogP contribution in [0.15, 0.2) is 36.2 Å². The Morgan fingerprint density at radius 1 is 1.22 bits per heavy atom. The molecule has 2 heterocycles. The second kappa shape index (κ2) is 9.77. The molecule has 0 saturated carbocycles. The number of halogens is 2. The maximum Gasteiger partial charge on any atom is 0.295 e. The number of aliphatic hydroxyl groups excluding tert-OH is 1. The minimum atomic E-state index is -0.840. The van der Waals surface area contributed by atoms with Gasteiger partial charge in [0.15, 0.2) is 11.5 Å². The fraction of sp³-hybridized carbons (Fsp3) is 0.318. The van der Waals surface area contributed by atoms with E-state index >= 15 is 0 Å². The van der Waals surface area contributed by atoms with E-state index in [0.717, 1.165) is 0 Å². The summed E-state index contributed by atoms with van der Waals surface area (Å²) in [6, 6.07) is 3.98. The Labute approximate surface area is 195 Å². The van der Waals surface area contributed by atoms with Gasteiger partial charge >= 0.3 is 0 Å². The topological polar surface area (TPSA) is 92.2 Å². The zero-order valence-corrected chi connectivity index (χ0v) is 19.6. The van der Waals surface area contributed by atoms with E-state index in [1.807, 2.05) is 19.0 Å². The predicted molar refractivity (Wildman–Crippen MR) is 121 cm³/mol. The molecule has 32 heavy (non-hydrogen) atoms. The van der Waals surface area contributed by atoms with Crippen LogP contribution in [-0.2, 0) is 9.59 Å². The number of rotatable bonds is 7. The van der Waals surface area contributed by atoms with Gasteiger partial charge in [-0.1, -0.05) is 29.3 Å². The molecule has 1 aliphatic heterocycles. The molecule has 10 heteroatoms. The molecular formula is C22H23Cl2N3O5. The van der Waals surface area contributed by atoms with E-state index < -0.39 is 23.5 Å². The van der Waals surface area contributed by atoms with Crippen molar-refractivity contribution >= 4 is 40.7 Å². The molecule has 2 aromatic rings. The van der Waals surface area contributed by atoms with Crippen molar-refractivity contribution in [3.8, 4) is 11.5 Å². The number of methoxy groups -OCH3 is 2. The van der Waals surface area contributed by atoms with E-state index in [2.05, 4.69) is 4.98 Å². The van der Waals surface area contributed by atoms with E-state index in [1.165, 1.54) is 25.2 Å². The maximum atomic E-state index is 13.1. The summed E-state index contributed by atoms with van der Waals surface area (Å²) >= 11 is 12.6. The lowest BCUT2D eigenvalue weighted by molar-refractivity contribution is -0.140. The lowest BCUT2D eigenvalue weighted by Crippen LogP contribution is -2.35. The Morgan fingerprint density at radius 3 is 2.47 bits per heavy atom. The highest BCUT2D eigenvalue weighted by Crippen LogP contribution is 2.47. The number of nitrogens with zero attached hydrogens (tertiary/aromatic N) is 3. The maximum absolute atomic E-state index is 13.1. The Kier molecular flexibility index (Phi) is 7.28. The first-order valence-electron chi connectivity index (χ1n) is 9.66. The number of hydrogen-bond donors (Lipinski definition) is 1. The molecule has 1 unspecified atom stereocenters. The number of hydrogen-bond acceptors (Lipinski definition) is 7. The summed E-state index contributed by atoms with van der Waals surface area (Å²) in [6.45, 7) is 0.794. The van der Waals surface area contributed by atoms with Gasteiger partial charge < -0.3 is 24.4 Å². The molecule has 1 aliphatic rings. The fourth-order valence-corrected chi connectivity index (χ4v) is 4.28. The first-order valence-corrected chi connectivity index (χ1v) is 10.4. The van der Waals surface area contributed by atoms with Gasteiger partial charge in [0.25, 0.3) is 11.7 Å². The highest BCUT2D eigenvalue weighted by molar-refractivity contribution is 6.47. The largest absolute Gasteiger partial charge is 0.507 e. The molecule has 0 radical (unpaired) electrons. The molecule has 3 rings (SSSR count). The number of benzene rings is 1. The molecule has 170 valence electrons. The smallest absolute Gasteiger partial charge is 0.295 e. The third-order valence-corrected chi connectivity index (χ3v) is 5.75. The molecule has 0 bridgehead atoms. The van der Waals surface area contributed by atoms with Gasteiger partial charge in [0.1, 0.15) is 10.8 Å². The van der Waals surface area contributed by atoms with E-state index in [-0.39, 0.29) is 39.2 Å². The first kappa shape index (κ1) is 23.8. The number of amides is 1. The van der Waals surface area contributed by atoms with Gasteiger partial charge in [0.05, 0.1) is 36.4 Å². The van der Waals surface area contributed by atoms with Crippen LogP contribution in [0.25, 0.3) is 5.76 Å². The molecular weight excluding hydrogens is 457 g/mol. The van der Waals surface area contributed by atoms with Crippen molar-refractivity contribution in [2.24, 2.45) is 0 Å². The van der Waals surface area contributed by atoms with Gasteiger partial charge in [0, 0.05) is 25.5 Å². The number of likely N-dealkylation sites (tertiary alicyclic amines) is 1. The molecule has 1 amide bonds. The van der Waals surface area contributed by atoms with Crippen molar-refractivity contribution in [2.45, 2.75) is 6.04 Å². The summed E-state index contributed by atoms with van der Waals surface area (Å²) in [5.74, 6) is -1.76. The van der Waals surface area contributed by atoms with Crippen LogP contribution >= 0.6 is 23.2 Å². The number of aliphatic hydroxyl groups is 1. The van der Waals surface area contributed by atoms with Crippen molar-refractivity contribution in [1.82, 2.24) is 14.8 Å². The summed E-state index contributed by atoms with van der Waals surface area (Å²) in [6.07, 6.45) is 3.14. The Bertz CT molecular complexity index is 1070. The van der Waals surface area contributed by atoms with Crippen LogP contribution in [0.5, 0.6) is 11.5 Å². The van der Waals surface area contributed by atoms with E-state index in [4.69, 9.17) is 32.7 Å². The molecule has 1 fully saturated rings. The van der Waals surface area contributed by atoms with Crippen LogP contribution in [0.2, 0.25) is 10.0 Å². The lowest BCUT2D eigenvalue weighted by Gasteiger charge is -2.26. The normalized spacial score (nSPS) is 17.8. The van der Waals surface area contributed by atoms with E-state index in [9.17, 15) is 14.7 Å². The quantitative estimate of drug-likeness (QED) is 0.369. The van der Waals surface area contributed by atoms with Crippen LogP contribution in [-0.4, -0.2) is 73.0 Å². The molecule has 1 atom stereocenters. The summed E-state index contributed by atoms with van der Waals surface area (Å²) in [5.41, 5.74) is 0.553. The van der Waals surface area contributed by atoms with Crippen molar-refractivity contribution in [2.75, 3.05) is 41.4 Å². The first-order chi connectivity index (χ1) is 15.2. The van der Waals surface area contributed by atoms with Crippen LogP contribution in [0, 0.1) is 0 Å². The standard InChI is InChI=1S/C22H23Cl2N3O5/c1-26(2)8-9-27-17(12-6-5-7-25-11-12)15(19(29)22(27)30)18(28)13-10-14(23)21(32-4)16(24)20(13)31-3/h5-7,10-11,17,28H,8-9H2,1-4H3/b18-15+. The third kappa shape index (κ3) is 4.26. The molecule has 0 spiro atoms. The second-order valence-corrected chi connectivity index (χ2v) is 8.15. The van der Waals surface area contributed by atoms with Crippen LogP contribution in [0.1, 0.15) is 17.2 Å². The summed E-state index contributed by atoms with van der Waals surface area (Å²) < 4.78 is 10.6. The van der Waals surface area contributed by atoms with Crippen molar-refractivity contribution in [1.29, 1.82) is 0 Å². The van der Waals surface area contributed by atoms with Crippen LogP contribution in [0.3, 0.4) is 0 Å². The molecule has 8 nitrogen and oxygen atoms in total. The zero-order chi connectivity index (χ0) is 23.6. The summed E-state index contributed by atoms with van der Waals surface area (Å²) in [5, 5.41) is 11.4. The van der Waals surface area contributed by atoms with Gasteiger partial charge in [-0.3, -0.25) is 14.6 Å². The Morgan fingerprint density at radius 2 is 1.91 bits per heavy atom. The van der Waals surface area contributed by atoms with Gasteiger partial charge in [-0.2, -0.15) is 0 Å². The average molecular weight is 480 g/mol. The van der Waals surface area contributed by atoms with Crippen molar-refractivity contribution in [3.05, 3.63) is 57.3 Å². The van der Waals surface area contributed by atoms with Gasteiger partial charge in [-0.15, -0.1) is 0 Å². The zero-order valence-electron chi connectivity index (χ0n) is 18.1. The molecule has 0 aliphatic carbocycles. The number of ketones is 1. The van der Waals surface area contributed by atoms with Gasteiger partial charge in [-0.05, 0) is 31.8 Å². The monoisotopic (exact) mass is 479 g/mol.